The molecule has 4 heteroatoms. The molecule has 5 aromatic carbocycles. The summed E-state index contributed by atoms with van der Waals surface area (Å²) in [5, 5.41) is 10.1. The maximum Gasteiger partial charge on any atom is 0.0934 e. The third-order valence-electron chi connectivity index (χ3n) is 7.04. The van der Waals surface area contributed by atoms with Gasteiger partial charge in [0.25, 0.3) is 0 Å². The van der Waals surface area contributed by atoms with E-state index in [4.69, 9.17) is 10.2 Å². The highest BCUT2D eigenvalue weighted by Crippen LogP contribution is 2.31. The molecule has 2 aromatic heterocycles. The monoisotopic (exact) mass is 514 g/mol. The molecule has 4 nitrogen and oxygen atoms in total. The molecule has 0 unspecified atom stereocenters. The van der Waals surface area contributed by atoms with Crippen molar-refractivity contribution in [2.75, 3.05) is 0 Å². The van der Waals surface area contributed by atoms with Gasteiger partial charge >= 0.3 is 0 Å². The molecule has 0 spiro atoms. The van der Waals surface area contributed by atoms with E-state index in [2.05, 4.69) is 109 Å². The minimum absolute atomic E-state index is 0.939. The lowest BCUT2D eigenvalue weighted by molar-refractivity contribution is 0.875. The molecule has 0 amide bonds. The molecule has 0 aliphatic heterocycles. The predicted octanol–water partition coefficient (Wildman–Crippen LogP) is 8.73. The molecule has 0 aliphatic rings. The molecule has 0 fully saturated rings. The normalized spacial score (nSPS) is 11.0. The summed E-state index contributed by atoms with van der Waals surface area (Å²) in [7, 11) is 0. The Balaban J connectivity index is 1.32. The summed E-state index contributed by atoms with van der Waals surface area (Å²) in [6.45, 7) is 0. The smallest absolute Gasteiger partial charge is 0.0934 e. The van der Waals surface area contributed by atoms with Crippen LogP contribution in [0.15, 0.2) is 158 Å². The molecule has 0 bridgehead atoms. The van der Waals surface area contributed by atoms with Gasteiger partial charge in [0, 0.05) is 22.3 Å². The molecule has 0 saturated carbocycles. The van der Waals surface area contributed by atoms with Crippen molar-refractivity contribution in [2.45, 2.75) is 0 Å². The standard InChI is InChI=1S/C36H26N4/c1-5-13-27(14-6-1)33-25-35(29-17-9-3-10-18-29)39(37-33)31-21-23-32(24-22-31)40-36(30-19-11-4-12-20-30)26-34(38-40)28-15-7-2-8-16-28/h1-26H. The van der Waals surface area contributed by atoms with Crippen molar-refractivity contribution in [3.8, 4) is 56.4 Å². The summed E-state index contributed by atoms with van der Waals surface area (Å²) >= 11 is 0. The van der Waals surface area contributed by atoms with E-state index in [-0.39, 0.29) is 0 Å². The van der Waals surface area contributed by atoms with Gasteiger partial charge in [-0.05, 0) is 36.4 Å². The second-order valence-electron chi connectivity index (χ2n) is 9.63. The van der Waals surface area contributed by atoms with Gasteiger partial charge in [0.2, 0.25) is 0 Å². The second kappa shape index (κ2) is 10.4. The Bertz CT molecular complexity index is 1710. The lowest BCUT2D eigenvalue weighted by Gasteiger charge is -2.11. The van der Waals surface area contributed by atoms with Crippen molar-refractivity contribution in [3.63, 3.8) is 0 Å². The van der Waals surface area contributed by atoms with E-state index < -0.39 is 0 Å². The van der Waals surface area contributed by atoms with Gasteiger partial charge in [0.15, 0.2) is 0 Å². The Kier molecular flexibility index (Phi) is 6.11. The molecule has 0 N–H and O–H groups in total. The number of nitrogens with zero attached hydrogens (tertiary/aromatic N) is 4. The van der Waals surface area contributed by atoms with Gasteiger partial charge in [-0.3, -0.25) is 0 Å². The lowest BCUT2D eigenvalue weighted by atomic mass is 10.1. The summed E-state index contributed by atoms with van der Waals surface area (Å²) in [5.41, 5.74) is 10.4. The molecule has 0 saturated heterocycles. The Labute approximate surface area is 233 Å². The predicted molar refractivity (Wildman–Crippen MR) is 162 cm³/mol. The average Bonchev–Trinajstić information content (AvgIpc) is 3.69. The largest absolute Gasteiger partial charge is 0.232 e. The molecule has 7 rings (SSSR count). The van der Waals surface area contributed by atoms with E-state index in [1.54, 1.807) is 0 Å². The maximum atomic E-state index is 5.03. The molecule has 0 atom stereocenters. The fourth-order valence-electron chi connectivity index (χ4n) is 5.02. The molecule has 0 aliphatic carbocycles. The van der Waals surface area contributed by atoms with E-state index in [9.17, 15) is 0 Å². The maximum absolute atomic E-state index is 5.03. The first-order chi connectivity index (χ1) is 19.8. The van der Waals surface area contributed by atoms with Gasteiger partial charge in [0.05, 0.1) is 34.2 Å². The van der Waals surface area contributed by atoms with Crippen LogP contribution in [0.5, 0.6) is 0 Å². The van der Waals surface area contributed by atoms with Crippen LogP contribution < -0.4 is 0 Å². The fourth-order valence-corrected chi connectivity index (χ4v) is 5.02. The first-order valence-corrected chi connectivity index (χ1v) is 13.4. The van der Waals surface area contributed by atoms with Crippen LogP contribution in [0.25, 0.3) is 56.4 Å². The quantitative estimate of drug-likeness (QED) is 0.222. The molecule has 40 heavy (non-hydrogen) atoms. The van der Waals surface area contributed by atoms with Gasteiger partial charge in [-0.25, -0.2) is 9.36 Å². The van der Waals surface area contributed by atoms with Gasteiger partial charge in [-0.2, -0.15) is 10.2 Å². The van der Waals surface area contributed by atoms with Crippen LogP contribution in [0.2, 0.25) is 0 Å². The highest BCUT2D eigenvalue weighted by molar-refractivity contribution is 5.72. The van der Waals surface area contributed by atoms with Gasteiger partial charge in [0.1, 0.15) is 0 Å². The van der Waals surface area contributed by atoms with E-state index in [1.807, 2.05) is 57.9 Å². The van der Waals surface area contributed by atoms with Crippen molar-refractivity contribution in [1.82, 2.24) is 19.6 Å². The number of hydrogen-bond acceptors (Lipinski definition) is 2. The Morgan fingerprint density at radius 1 is 0.325 bits per heavy atom. The zero-order valence-electron chi connectivity index (χ0n) is 21.8. The van der Waals surface area contributed by atoms with Crippen molar-refractivity contribution in [2.24, 2.45) is 0 Å². The van der Waals surface area contributed by atoms with Crippen LogP contribution in [-0.4, -0.2) is 19.6 Å². The third-order valence-corrected chi connectivity index (χ3v) is 7.04. The van der Waals surface area contributed by atoms with Crippen LogP contribution >= 0.6 is 0 Å². The van der Waals surface area contributed by atoms with Crippen molar-refractivity contribution in [1.29, 1.82) is 0 Å². The van der Waals surface area contributed by atoms with Gasteiger partial charge in [-0.15, -0.1) is 0 Å². The second-order valence-corrected chi connectivity index (χ2v) is 9.63. The third kappa shape index (κ3) is 4.52. The fraction of sp³-hybridized carbons (Fsp3) is 0. The summed E-state index contributed by atoms with van der Waals surface area (Å²) in [6, 6.07) is 54.2. The minimum atomic E-state index is 0.939. The molecular formula is C36H26N4. The summed E-state index contributed by atoms with van der Waals surface area (Å²) in [5.74, 6) is 0. The van der Waals surface area contributed by atoms with Gasteiger partial charge < -0.3 is 0 Å². The van der Waals surface area contributed by atoms with Crippen LogP contribution in [0.4, 0.5) is 0 Å². The molecule has 2 heterocycles. The minimum Gasteiger partial charge on any atom is -0.232 e. The molecule has 7 aromatic rings. The Hall–Kier alpha value is -5.48. The summed E-state index contributed by atoms with van der Waals surface area (Å²) in [6.07, 6.45) is 0. The van der Waals surface area contributed by atoms with Crippen LogP contribution in [0, 0.1) is 0 Å². The SMILES string of the molecule is c1ccc(-c2cc(-c3ccccc3)n(-c3ccc(-n4nc(-c5ccccc5)cc4-c4ccccc4)cc3)n2)cc1. The highest BCUT2D eigenvalue weighted by Gasteiger charge is 2.16. The van der Waals surface area contributed by atoms with Crippen molar-refractivity contribution < 1.29 is 0 Å². The number of rotatable bonds is 6. The van der Waals surface area contributed by atoms with Gasteiger partial charge in [-0.1, -0.05) is 121 Å². The highest BCUT2D eigenvalue weighted by atomic mass is 15.3. The first-order valence-electron chi connectivity index (χ1n) is 13.4. The van der Waals surface area contributed by atoms with Crippen LogP contribution in [-0.2, 0) is 0 Å². The Morgan fingerprint density at radius 3 is 0.950 bits per heavy atom. The van der Waals surface area contributed by atoms with E-state index in [1.165, 1.54) is 0 Å². The molecule has 0 radical (unpaired) electrons. The number of hydrogen-bond donors (Lipinski definition) is 0. The molecule has 190 valence electrons. The summed E-state index contributed by atoms with van der Waals surface area (Å²) < 4.78 is 4.05. The van der Waals surface area contributed by atoms with Crippen LogP contribution in [0.1, 0.15) is 0 Å². The van der Waals surface area contributed by atoms with E-state index in [0.29, 0.717) is 0 Å². The number of benzene rings is 5. The summed E-state index contributed by atoms with van der Waals surface area (Å²) in [4.78, 5) is 0. The molecular weight excluding hydrogens is 488 g/mol. The van der Waals surface area contributed by atoms with Crippen molar-refractivity contribution >= 4 is 0 Å². The van der Waals surface area contributed by atoms with E-state index >= 15 is 0 Å². The zero-order valence-corrected chi connectivity index (χ0v) is 21.8. The zero-order chi connectivity index (χ0) is 26.7. The topological polar surface area (TPSA) is 35.6 Å². The Morgan fingerprint density at radius 2 is 0.625 bits per heavy atom. The van der Waals surface area contributed by atoms with Crippen LogP contribution in [0.3, 0.4) is 0 Å². The average molecular weight is 515 g/mol. The van der Waals surface area contributed by atoms with Crippen molar-refractivity contribution in [3.05, 3.63) is 158 Å². The van der Waals surface area contributed by atoms with E-state index in [0.717, 1.165) is 56.4 Å². The first kappa shape index (κ1) is 23.6. The lowest BCUT2D eigenvalue weighted by Crippen LogP contribution is -2.02. The number of aromatic nitrogens is 4.